The number of hydrogen-bond acceptors (Lipinski definition) is 5. The molecule has 28 heavy (non-hydrogen) atoms. The predicted octanol–water partition coefficient (Wildman–Crippen LogP) is 2.30. The molecule has 1 saturated heterocycles. The molecule has 0 saturated carbocycles. The summed E-state index contributed by atoms with van der Waals surface area (Å²) in [6.07, 6.45) is 1.91. The Hall–Kier alpha value is -2.16. The third-order valence-corrected chi connectivity index (χ3v) is 4.86. The second-order valence-corrected chi connectivity index (χ2v) is 7.11. The fraction of sp³-hybridized carbons (Fsp3) is 0.444. The van der Waals surface area contributed by atoms with E-state index in [9.17, 15) is 9.59 Å². The van der Waals surface area contributed by atoms with Crippen molar-refractivity contribution in [1.82, 2.24) is 25.2 Å². The highest BCUT2D eigenvalue weighted by atomic mass is 35.5. The number of piperidine rings is 1. The van der Waals surface area contributed by atoms with Crippen molar-refractivity contribution in [3.05, 3.63) is 40.7 Å². The lowest BCUT2D eigenvalue weighted by Gasteiger charge is -2.23. The third kappa shape index (κ3) is 5.21. The molecule has 1 aromatic heterocycles. The number of rotatable bonds is 5. The van der Waals surface area contributed by atoms with Crippen molar-refractivity contribution in [2.75, 3.05) is 32.0 Å². The molecular formula is C18H24Cl2N6O2. The first-order valence-corrected chi connectivity index (χ1v) is 9.27. The summed E-state index contributed by atoms with van der Waals surface area (Å²) in [5.41, 5.74) is 1.60. The van der Waals surface area contributed by atoms with Crippen LogP contribution in [0, 0.1) is 6.92 Å². The van der Waals surface area contributed by atoms with Crippen molar-refractivity contribution in [2.24, 2.45) is 0 Å². The molecule has 0 atom stereocenters. The van der Waals surface area contributed by atoms with Gasteiger partial charge in [-0.3, -0.25) is 9.59 Å². The van der Waals surface area contributed by atoms with Gasteiger partial charge in [0.05, 0.1) is 18.3 Å². The van der Waals surface area contributed by atoms with Gasteiger partial charge in [0, 0.05) is 17.8 Å². The largest absolute Gasteiger partial charge is 0.331 e. The Morgan fingerprint density at radius 2 is 2.07 bits per heavy atom. The Bertz CT molecular complexity index is 835. The molecule has 0 aliphatic carbocycles. The summed E-state index contributed by atoms with van der Waals surface area (Å²) in [5, 5.41) is 14.8. The van der Waals surface area contributed by atoms with Gasteiger partial charge in [0.15, 0.2) is 5.69 Å². The Balaban J connectivity index is 0.00000280. The van der Waals surface area contributed by atoms with E-state index in [1.54, 1.807) is 31.3 Å². The maximum atomic E-state index is 12.7. The zero-order chi connectivity index (χ0) is 19.4. The Kier molecular flexibility index (Phi) is 7.79. The molecule has 2 amide bonds. The molecule has 1 aliphatic rings. The summed E-state index contributed by atoms with van der Waals surface area (Å²) in [7, 11) is 1.57. The van der Waals surface area contributed by atoms with E-state index < -0.39 is 0 Å². The smallest absolute Gasteiger partial charge is 0.276 e. The highest BCUT2D eigenvalue weighted by molar-refractivity contribution is 6.30. The third-order valence-electron chi connectivity index (χ3n) is 4.62. The van der Waals surface area contributed by atoms with Crippen LogP contribution in [-0.2, 0) is 4.79 Å². The first-order chi connectivity index (χ1) is 13.0. The van der Waals surface area contributed by atoms with Gasteiger partial charge < -0.3 is 15.5 Å². The molecule has 0 unspecified atom stereocenters. The van der Waals surface area contributed by atoms with Gasteiger partial charge >= 0.3 is 0 Å². The van der Waals surface area contributed by atoms with Gasteiger partial charge in [-0.05, 0) is 51.1 Å². The van der Waals surface area contributed by atoms with Crippen molar-refractivity contribution in [2.45, 2.75) is 25.8 Å². The van der Waals surface area contributed by atoms with E-state index >= 15 is 0 Å². The highest BCUT2D eigenvalue weighted by Crippen LogP contribution is 2.21. The van der Waals surface area contributed by atoms with Crippen molar-refractivity contribution < 1.29 is 9.59 Å². The Morgan fingerprint density at radius 3 is 2.75 bits per heavy atom. The van der Waals surface area contributed by atoms with Crippen LogP contribution in [0.3, 0.4) is 0 Å². The number of hydrogen-bond donors (Lipinski definition) is 2. The van der Waals surface area contributed by atoms with Gasteiger partial charge in [0.2, 0.25) is 5.91 Å². The van der Waals surface area contributed by atoms with Crippen LogP contribution >= 0.6 is 24.0 Å². The number of carbonyl (C=O) groups is 2. The molecule has 0 spiro atoms. The molecule has 3 rings (SSSR count). The van der Waals surface area contributed by atoms with E-state index in [0.29, 0.717) is 10.7 Å². The van der Waals surface area contributed by atoms with E-state index in [1.807, 2.05) is 11.6 Å². The lowest BCUT2D eigenvalue weighted by Crippen LogP contribution is -2.35. The Labute approximate surface area is 175 Å². The van der Waals surface area contributed by atoms with E-state index in [1.165, 1.54) is 4.90 Å². The van der Waals surface area contributed by atoms with Crippen LogP contribution in [-0.4, -0.2) is 58.4 Å². The summed E-state index contributed by atoms with van der Waals surface area (Å²) in [5.74, 6) is -0.634. The zero-order valence-corrected chi connectivity index (χ0v) is 17.4. The number of anilines is 1. The minimum absolute atomic E-state index is 0. The first kappa shape index (κ1) is 22.1. The van der Waals surface area contributed by atoms with Crippen LogP contribution in [0.15, 0.2) is 24.3 Å². The normalized spacial score (nSPS) is 14.2. The minimum Gasteiger partial charge on any atom is -0.331 e. The minimum atomic E-state index is -0.325. The first-order valence-electron chi connectivity index (χ1n) is 8.89. The zero-order valence-electron chi connectivity index (χ0n) is 15.8. The molecule has 0 radical (unpaired) electrons. The quantitative estimate of drug-likeness (QED) is 0.764. The number of benzene rings is 1. The second-order valence-electron chi connectivity index (χ2n) is 6.67. The second kappa shape index (κ2) is 9.86. The molecular weight excluding hydrogens is 403 g/mol. The van der Waals surface area contributed by atoms with Gasteiger partial charge in [0.25, 0.3) is 5.91 Å². The molecule has 1 aromatic carbocycles. The molecule has 152 valence electrons. The van der Waals surface area contributed by atoms with Gasteiger partial charge in [-0.15, -0.1) is 17.5 Å². The molecule has 2 aromatic rings. The number of amides is 2. The molecule has 8 nitrogen and oxygen atoms in total. The van der Waals surface area contributed by atoms with E-state index in [4.69, 9.17) is 11.6 Å². The number of aromatic nitrogens is 3. The average Bonchev–Trinajstić information content (AvgIpc) is 3.03. The van der Waals surface area contributed by atoms with E-state index in [2.05, 4.69) is 20.9 Å². The van der Waals surface area contributed by atoms with Crippen LogP contribution in [0.1, 0.15) is 35.1 Å². The number of halogens is 2. The van der Waals surface area contributed by atoms with Crippen molar-refractivity contribution in [3.8, 4) is 0 Å². The van der Waals surface area contributed by atoms with Crippen LogP contribution in [0.5, 0.6) is 0 Å². The standard InChI is InChI=1S/C18H23ClN6O2.ClH/c1-12-17(22-23-25(12)15-6-8-20-9-7-15)18(27)24(2)11-16(26)21-14-5-3-4-13(19)10-14;/h3-5,10,15,20H,6-9,11H2,1-2H3,(H,21,26);1H. The number of carbonyl (C=O) groups excluding carboxylic acids is 2. The summed E-state index contributed by atoms with van der Waals surface area (Å²) in [6.45, 7) is 3.60. The SMILES string of the molecule is Cc1c(C(=O)N(C)CC(=O)Nc2cccc(Cl)c2)nnn1C1CCNCC1.Cl. The number of likely N-dealkylation sites (N-methyl/N-ethyl adjacent to an activating group) is 1. The molecule has 2 N–H and O–H groups in total. The lowest BCUT2D eigenvalue weighted by atomic mass is 10.1. The summed E-state index contributed by atoms with van der Waals surface area (Å²) < 4.78 is 1.83. The summed E-state index contributed by atoms with van der Waals surface area (Å²) in [6, 6.07) is 7.10. The maximum Gasteiger partial charge on any atom is 0.276 e. The van der Waals surface area contributed by atoms with E-state index in [-0.39, 0.29) is 42.5 Å². The average molecular weight is 427 g/mol. The summed E-state index contributed by atoms with van der Waals surface area (Å²) >= 11 is 5.91. The topological polar surface area (TPSA) is 92.2 Å². The van der Waals surface area contributed by atoms with Crippen molar-refractivity contribution in [1.29, 1.82) is 0 Å². The van der Waals surface area contributed by atoms with Crippen molar-refractivity contribution in [3.63, 3.8) is 0 Å². The predicted molar refractivity (Wildman–Crippen MR) is 110 cm³/mol. The van der Waals surface area contributed by atoms with Gasteiger partial charge in [-0.1, -0.05) is 22.9 Å². The van der Waals surface area contributed by atoms with Crippen molar-refractivity contribution >= 4 is 41.5 Å². The fourth-order valence-corrected chi connectivity index (χ4v) is 3.36. The fourth-order valence-electron chi connectivity index (χ4n) is 3.17. The molecule has 1 fully saturated rings. The lowest BCUT2D eigenvalue weighted by molar-refractivity contribution is -0.116. The van der Waals surface area contributed by atoms with Crippen LogP contribution in [0.25, 0.3) is 0 Å². The molecule has 0 bridgehead atoms. The van der Waals surface area contributed by atoms with Gasteiger partial charge in [0.1, 0.15) is 0 Å². The van der Waals surface area contributed by atoms with Gasteiger partial charge in [-0.25, -0.2) is 4.68 Å². The molecule has 1 aliphatic heterocycles. The van der Waals surface area contributed by atoms with Crippen LogP contribution < -0.4 is 10.6 Å². The maximum absolute atomic E-state index is 12.7. The van der Waals surface area contributed by atoms with E-state index in [0.717, 1.165) is 31.6 Å². The van der Waals surface area contributed by atoms with Gasteiger partial charge in [-0.2, -0.15) is 0 Å². The number of nitrogens with zero attached hydrogens (tertiary/aromatic N) is 4. The van der Waals surface area contributed by atoms with Crippen LogP contribution in [0.2, 0.25) is 5.02 Å². The molecule has 10 heteroatoms. The van der Waals surface area contributed by atoms with Crippen LogP contribution in [0.4, 0.5) is 5.69 Å². The number of nitrogens with one attached hydrogen (secondary N) is 2. The molecule has 2 heterocycles. The Morgan fingerprint density at radius 1 is 1.36 bits per heavy atom. The summed E-state index contributed by atoms with van der Waals surface area (Å²) in [4.78, 5) is 26.2. The highest BCUT2D eigenvalue weighted by Gasteiger charge is 2.25. The monoisotopic (exact) mass is 426 g/mol.